The maximum atomic E-state index is 10.9. The first-order chi connectivity index (χ1) is 5.24. The first kappa shape index (κ1) is 8.53. The molecule has 0 bridgehead atoms. The van der Waals surface area contributed by atoms with Crippen LogP contribution in [0, 0.1) is 5.92 Å². The second-order valence-corrected chi connectivity index (χ2v) is 3.22. The molecule has 3 heteroatoms. The molecule has 1 saturated heterocycles. The van der Waals surface area contributed by atoms with Gasteiger partial charge in [-0.05, 0) is 18.8 Å². The summed E-state index contributed by atoms with van der Waals surface area (Å²) in [5.74, 6) is 0.592. The number of carbonyl (C=O) groups excluding carboxylic acids is 1. The van der Waals surface area contributed by atoms with Crippen LogP contribution in [0.5, 0.6) is 0 Å². The van der Waals surface area contributed by atoms with Crippen LogP contribution in [0.15, 0.2) is 0 Å². The molecule has 0 saturated carbocycles. The standard InChI is InChI=1S/C8H15NO2/c1-6-5-8(11)9-7(6)3-2-4-10/h6-7,10H,2-5H2,1H3,(H,9,11). The van der Waals surface area contributed by atoms with Gasteiger partial charge in [0.25, 0.3) is 0 Å². The zero-order valence-corrected chi connectivity index (χ0v) is 6.84. The quantitative estimate of drug-likeness (QED) is 0.618. The van der Waals surface area contributed by atoms with Crippen molar-refractivity contribution in [1.82, 2.24) is 5.32 Å². The van der Waals surface area contributed by atoms with Crippen LogP contribution in [0.2, 0.25) is 0 Å². The summed E-state index contributed by atoms with van der Waals surface area (Å²) in [5.41, 5.74) is 0. The molecule has 0 aromatic carbocycles. The molecule has 2 atom stereocenters. The van der Waals surface area contributed by atoms with Crippen molar-refractivity contribution in [2.45, 2.75) is 32.2 Å². The minimum Gasteiger partial charge on any atom is -0.396 e. The molecule has 0 aliphatic carbocycles. The number of amides is 1. The van der Waals surface area contributed by atoms with Gasteiger partial charge in [-0.2, -0.15) is 0 Å². The van der Waals surface area contributed by atoms with Gasteiger partial charge >= 0.3 is 0 Å². The summed E-state index contributed by atoms with van der Waals surface area (Å²) in [5, 5.41) is 11.5. The van der Waals surface area contributed by atoms with Gasteiger partial charge in [-0.15, -0.1) is 0 Å². The number of aliphatic hydroxyl groups excluding tert-OH is 1. The zero-order valence-electron chi connectivity index (χ0n) is 6.84. The molecule has 1 aliphatic rings. The minimum atomic E-state index is 0.153. The molecule has 1 heterocycles. The highest BCUT2D eigenvalue weighted by Gasteiger charge is 2.27. The van der Waals surface area contributed by atoms with E-state index in [4.69, 9.17) is 5.11 Å². The molecule has 1 aliphatic heterocycles. The highest BCUT2D eigenvalue weighted by Crippen LogP contribution is 2.18. The van der Waals surface area contributed by atoms with Gasteiger partial charge in [0.05, 0.1) is 0 Å². The Labute approximate surface area is 66.8 Å². The van der Waals surface area contributed by atoms with Crippen LogP contribution in [-0.4, -0.2) is 23.7 Å². The van der Waals surface area contributed by atoms with E-state index >= 15 is 0 Å². The fourth-order valence-corrected chi connectivity index (χ4v) is 1.51. The SMILES string of the molecule is CC1CC(=O)NC1CCCO. The molecule has 2 N–H and O–H groups in total. The van der Waals surface area contributed by atoms with E-state index < -0.39 is 0 Å². The molecular weight excluding hydrogens is 142 g/mol. The van der Waals surface area contributed by atoms with Gasteiger partial charge in [0.1, 0.15) is 0 Å². The van der Waals surface area contributed by atoms with E-state index in [1.165, 1.54) is 0 Å². The third-order valence-corrected chi connectivity index (χ3v) is 2.21. The van der Waals surface area contributed by atoms with Crippen molar-refractivity contribution in [3.63, 3.8) is 0 Å². The number of nitrogens with one attached hydrogen (secondary N) is 1. The summed E-state index contributed by atoms with van der Waals surface area (Å²) in [6.07, 6.45) is 2.34. The van der Waals surface area contributed by atoms with Gasteiger partial charge < -0.3 is 10.4 Å². The zero-order chi connectivity index (χ0) is 8.27. The number of aliphatic hydroxyl groups is 1. The van der Waals surface area contributed by atoms with Crippen molar-refractivity contribution in [2.75, 3.05) is 6.61 Å². The van der Waals surface area contributed by atoms with Gasteiger partial charge in [0.15, 0.2) is 0 Å². The van der Waals surface area contributed by atoms with Crippen LogP contribution < -0.4 is 5.32 Å². The lowest BCUT2D eigenvalue weighted by Crippen LogP contribution is -2.28. The topological polar surface area (TPSA) is 49.3 Å². The van der Waals surface area contributed by atoms with Crippen molar-refractivity contribution in [3.05, 3.63) is 0 Å². The maximum Gasteiger partial charge on any atom is 0.220 e. The van der Waals surface area contributed by atoms with E-state index in [1.807, 2.05) is 0 Å². The van der Waals surface area contributed by atoms with E-state index in [1.54, 1.807) is 0 Å². The van der Waals surface area contributed by atoms with Crippen molar-refractivity contribution in [1.29, 1.82) is 0 Å². The summed E-state index contributed by atoms with van der Waals surface area (Å²) in [4.78, 5) is 10.9. The lowest BCUT2D eigenvalue weighted by molar-refractivity contribution is -0.119. The van der Waals surface area contributed by atoms with E-state index in [0.29, 0.717) is 18.4 Å². The van der Waals surface area contributed by atoms with Gasteiger partial charge in [0, 0.05) is 19.1 Å². The van der Waals surface area contributed by atoms with Crippen molar-refractivity contribution >= 4 is 5.91 Å². The predicted octanol–water partition coefficient (Wildman–Crippen LogP) is 0.283. The van der Waals surface area contributed by atoms with Crippen LogP contribution >= 0.6 is 0 Å². The highest BCUT2D eigenvalue weighted by atomic mass is 16.2. The Balaban J connectivity index is 2.28. The Bertz CT molecular complexity index is 147. The highest BCUT2D eigenvalue weighted by molar-refractivity contribution is 5.78. The molecule has 0 aromatic rings. The monoisotopic (exact) mass is 157 g/mol. The largest absolute Gasteiger partial charge is 0.396 e. The van der Waals surface area contributed by atoms with Crippen LogP contribution in [0.25, 0.3) is 0 Å². The Kier molecular flexibility index (Phi) is 2.88. The van der Waals surface area contributed by atoms with Gasteiger partial charge in [0.2, 0.25) is 5.91 Å². The molecule has 1 rings (SSSR count). The van der Waals surface area contributed by atoms with Crippen LogP contribution in [0.4, 0.5) is 0 Å². The Morgan fingerprint density at radius 2 is 2.45 bits per heavy atom. The van der Waals surface area contributed by atoms with E-state index in [0.717, 1.165) is 12.8 Å². The minimum absolute atomic E-state index is 0.153. The van der Waals surface area contributed by atoms with Crippen molar-refractivity contribution in [2.24, 2.45) is 5.92 Å². The predicted molar refractivity (Wildman–Crippen MR) is 42.0 cm³/mol. The average molecular weight is 157 g/mol. The molecule has 0 aromatic heterocycles. The van der Waals surface area contributed by atoms with Crippen molar-refractivity contribution in [3.8, 4) is 0 Å². The smallest absolute Gasteiger partial charge is 0.220 e. The van der Waals surface area contributed by atoms with Gasteiger partial charge in [-0.1, -0.05) is 6.92 Å². The van der Waals surface area contributed by atoms with E-state index in [9.17, 15) is 4.79 Å². The Morgan fingerprint density at radius 3 is 2.91 bits per heavy atom. The van der Waals surface area contributed by atoms with Crippen LogP contribution in [-0.2, 0) is 4.79 Å². The summed E-state index contributed by atoms with van der Waals surface area (Å²) in [6, 6.07) is 0.301. The number of hydrogen-bond acceptors (Lipinski definition) is 2. The van der Waals surface area contributed by atoms with Crippen LogP contribution in [0.3, 0.4) is 0 Å². The third-order valence-electron chi connectivity index (χ3n) is 2.21. The van der Waals surface area contributed by atoms with Crippen LogP contribution in [0.1, 0.15) is 26.2 Å². The van der Waals surface area contributed by atoms with Crippen molar-refractivity contribution < 1.29 is 9.90 Å². The Hall–Kier alpha value is -0.570. The van der Waals surface area contributed by atoms with Gasteiger partial charge in [-0.25, -0.2) is 0 Å². The summed E-state index contributed by atoms with van der Waals surface area (Å²) >= 11 is 0. The fourth-order valence-electron chi connectivity index (χ4n) is 1.51. The normalized spacial score (nSPS) is 30.5. The number of hydrogen-bond donors (Lipinski definition) is 2. The second kappa shape index (κ2) is 3.72. The second-order valence-electron chi connectivity index (χ2n) is 3.22. The maximum absolute atomic E-state index is 10.9. The fraction of sp³-hybridized carbons (Fsp3) is 0.875. The molecule has 3 nitrogen and oxygen atoms in total. The lowest BCUT2D eigenvalue weighted by Gasteiger charge is -2.13. The first-order valence-corrected chi connectivity index (χ1v) is 4.14. The van der Waals surface area contributed by atoms with E-state index in [2.05, 4.69) is 12.2 Å². The molecular formula is C8H15NO2. The summed E-state index contributed by atoms with van der Waals surface area (Å²) < 4.78 is 0. The lowest BCUT2D eigenvalue weighted by atomic mass is 9.99. The first-order valence-electron chi connectivity index (χ1n) is 4.14. The van der Waals surface area contributed by atoms with E-state index in [-0.39, 0.29) is 12.5 Å². The summed E-state index contributed by atoms with van der Waals surface area (Å²) in [6.45, 7) is 2.29. The third kappa shape index (κ3) is 2.19. The summed E-state index contributed by atoms with van der Waals surface area (Å²) in [7, 11) is 0. The molecule has 1 fully saturated rings. The number of rotatable bonds is 3. The molecule has 2 unspecified atom stereocenters. The molecule has 64 valence electrons. The molecule has 0 radical (unpaired) electrons. The molecule has 0 spiro atoms. The number of carbonyl (C=O) groups is 1. The molecule has 1 amide bonds. The average Bonchev–Trinajstić information content (AvgIpc) is 2.26. The van der Waals surface area contributed by atoms with Gasteiger partial charge in [-0.3, -0.25) is 4.79 Å². The Morgan fingerprint density at radius 1 is 1.73 bits per heavy atom. The molecule has 11 heavy (non-hydrogen) atoms.